The third kappa shape index (κ3) is 3.74. The van der Waals surface area contributed by atoms with Crippen molar-refractivity contribution >= 4 is 18.3 Å². The molecule has 3 rings (SSSR count). The van der Waals surface area contributed by atoms with Crippen LogP contribution in [-0.2, 0) is 6.42 Å². The highest BCUT2D eigenvalue weighted by atomic mass is 35.5. The number of halogens is 1. The highest BCUT2D eigenvalue weighted by Crippen LogP contribution is 2.24. The molecular formula is C17H23ClN4O. The molecule has 6 heteroatoms. The standard InChI is InChI=1S/C17H22N4O.ClH/c1-3-13-4-6-14(7-5-13)16-11-18-8-9-21(16)17(22)15-10-12(2)19-20-15;/h4-7,10,16,18H,3,8-9,11H2,1-2H3,(H,19,20);1H. The fraction of sp³-hybridized carbons (Fsp3) is 0.412. The summed E-state index contributed by atoms with van der Waals surface area (Å²) >= 11 is 0. The van der Waals surface area contributed by atoms with Crippen LogP contribution >= 0.6 is 12.4 Å². The molecule has 0 saturated carbocycles. The van der Waals surface area contributed by atoms with Crippen molar-refractivity contribution in [2.24, 2.45) is 0 Å². The zero-order valence-corrected chi connectivity index (χ0v) is 14.3. The third-order valence-electron chi connectivity index (χ3n) is 4.20. The van der Waals surface area contributed by atoms with Crippen molar-refractivity contribution in [2.45, 2.75) is 26.3 Å². The van der Waals surface area contributed by atoms with Crippen LogP contribution in [-0.4, -0.2) is 40.6 Å². The predicted molar refractivity (Wildman–Crippen MR) is 93.0 cm³/mol. The molecule has 5 nitrogen and oxygen atoms in total. The summed E-state index contributed by atoms with van der Waals surface area (Å²) in [5.41, 5.74) is 3.88. The number of rotatable bonds is 3. The molecule has 0 spiro atoms. The fourth-order valence-electron chi connectivity index (χ4n) is 2.90. The lowest BCUT2D eigenvalue weighted by atomic mass is 10.0. The van der Waals surface area contributed by atoms with Gasteiger partial charge in [0.15, 0.2) is 0 Å². The van der Waals surface area contributed by atoms with E-state index in [2.05, 4.69) is 46.7 Å². The van der Waals surface area contributed by atoms with Gasteiger partial charge < -0.3 is 10.2 Å². The summed E-state index contributed by atoms with van der Waals surface area (Å²) in [6.45, 7) is 6.35. The van der Waals surface area contributed by atoms with Crippen LogP contribution in [0.3, 0.4) is 0 Å². The Morgan fingerprint density at radius 2 is 2.09 bits per heavy atom. The number of H-pyrrole nitrogens is 1. The summed E-state index contributed by atoms with van der Waals surface area (Å²) in [6.07, 6.45) is 1.03. The molecule has 1 amide bonds. The number of aromatic nitrogens is 2. The van der Waals surface area contributed by atoms with E-state index in [1.54, 1.807) is 0 Å². The van der Waals surface area contributed by atoms with Gasteiger partial charge in [0.2, 0.25) is 0 Å². The van der Waals surface area contributed by atoms with Crippen molar-refractivity contribution in [1.29, 1.82) is 0 Å². The van der Waals surface area contributed by atoms with Gasteiger partial charge >= 0.3 is 0 Å². The van der Waals surface area contributed by atoms with Gasteiger partial charge in [-0.25, -0.2) is 0 Å². The second-order valence-corrected chi connectivity index (χ2v) is 5.75. The van der Waals surface area contributed by atoms with E-state index in [1.807, 2.05) is 17.9 Å². The van der Waals surface area contributed by atoms with Crippen molar-refractivity contribution in [2.75, 3.05) is 19.6 Å². The quantitative estimate of drug-likeness (QED) is 0.906. The number of carbonyl (C=O) groups excluding carboxylic acids is 1. The van der Waals surface area contributed by atoms with Crippen molar-refractivity contribution < 1.29 is 4.79 Å². The van der Waals surface area contributed by atoms with Crippen LogP contribution < -0.4 is 5.32 Å². The van der Waals surface area contributed by atoms with Gasteiger partial charge in [-0.2, -0.15) is 5.10 Å². The number of carbonyl (C=O) groups is 1. The van der Waals surface area contributed by atoms with E-state index < -0.39 is 0 Å². The summed E-state index contributed by atoms with van der Waals surface area (Å²) in [5, 5.41) is 10.3. The number of piperazine rings is 1. The molecule has 1 aliphatic heterocycles. The molecule has 0 radical (unpaired) electrons. The van der Waals surface area contributed by atoms with Crippen molar-refractivity contribution in [1.82, 2.24) is 20.4 Å². The summed E-state index contributed by atoms with van der Waals surface area (Å²) in [6, 6.07) is 10.4. The molecule has 1 aromatic heterocycles. The number of hydrogen-bond donors (Lipinski definition) is 2. The molecule has 124 valence electrons. The molecular weight excluding hydrogens is 312 g/mol. The average Bonchev–Trinajstić information content (AvgIpc) is 3.01. The number of hydrogen-bond acceptors (Lipinski definition) is 3. The molecule has 1 unspecified atom stereocenters. The first-order chi connectivity index (χ1) is 10.7. The van der Waals surface area contributed by atoms with Crippen LogP contribution in [0.15, 0.2) is 30.3 Å². The Hall–Kier alpha value is -1.85. The van der Waals surface area contributed by atoms with Gasteiger partial charge in [-0.05, 0) is 30.5 Å². The fourth-order valence-corrected chi connectivity index (χ4v) is 2.90. The van der Waals surface area contributed by atoms with Gasteiger partial charge in [-0.15, -0.1) is 12.4 Å². The van der Waals surface area contributed by atoms with Crippen molar-refractivity contribution in [3.05, 3.63) is 52.8 Å². The highest BCUT2D eigenvalue weighted by Gasteiger charge is 2.29. The Kier molecular flexibility index (Phi) is 5.80. The van der Waals surface area contributed by atoms with E-state index in [1.165, 1.54) is 11.1 Å². The molecule has 1 aliphatic rings. The van der Waals surface area contributed by atoms with Gasteiger partial charge in [0.1, 0.15) is 5.69 Å². The smallest absolute Gasteiger partial charge is 0.274 e. The van der Waals surface area contributed by atoms with Crippen molar-refractivity contribution in [3.8, 4) is 0 Å². The Morgan fingerprint density at radius 3 is 2.70 bits per heavy atom. The molecule has 23 heavy (non-hydrogen) atoms. The van der Waals surface area contributed by atoms with Crippen LogP contribution in [0.1, 0.15) is 40.3 Å². The van der Waals surface area contributed by atoms with Crippen LogP contribution in [0.25, 0.3) is 0 Å². The van der Waals surface area contributed by atoms with E-state index in [0.29, 0.717) is 12.2 Å². The van der Waals surface area contributed by atoms with Crippen LogP contribution in [0, 0.1) is 6.92 Å². The number of aromatic amines is 1. The van der Waals surface area contributed by atoms with E-state index >= 15 is 0 Å². The number of nitrogens with zero attached hydrogens (tertiary/aromatic N) is 2. The first-order valence-electron chi connectivity index (χ1n) is 7.81. The number of nitrogens with one attached hydrogen (secondary N) is 2. The molecule has 2 heterocycles. The second-order valence-electron chi connectivity index (χ2n) is 5.75. The van der Waals surface area contributed by atoms with Crippen LogP contribution in [0.5, 0.6) is 0 Å². The van der Waals surface area contributed by atoms with Crippen LogP contribution in [0.2, 0.25) is 0 Å². The number of benzene rings is 1. The Bertz CT molecular complexity index is 653. The van der Waals surface area contributed by atoms with Gasteiger partial charge in [0.05, 0.1) is 6.04 Å². The normalized spacial score (nSPS) is 17.7. The third-order valence-corrected chi connectivity index (χ3v) is 4.20. The minimum absolute atomic E-state index is 0. The average molecular weight is 335 g/mol. The maximum Gasteiger partial charge on any atom is 0.274 e. The SMILES string of the molecule is CCc1ccc(C2CNCCN2C(=O)c2cc(C)[nH]n2)cc1.Cl. The van der Waals surface area contributed by atoms with Gasteiger partial charge in [-0.3, -0.25) is 9.89 Å². The maximum atomic E-state index is 12.7. The van der Waals surface area contributed by atoms with Crippen molar-refractivity contribution in [3.63, 3.8) is 0 Å². The van der Waals surface area contributed by atoms with E-state index in [9.17, 15) is 4.79 Å². The molecule has 1 fully saturated rings. The Balaban J connectivity index is 0.00000192. The molecule has 1 atom stereocenters. The Morgan fingerprint density at radius 1 is 1.35 bits per heavy atom. The van der Waals surface area contributed by atoms with Gasteiger partial charge in [0, 0.05) is 25.3 Å². The van der Waals surface area contributed by atoms with Crippen LogP contribution in [0.4, 0.5) is 0 Å². The zero-order valence-electron chi connectivity index (χ0n) is 13.5. The summed E-state index contributed by atoms with van der Waals surface area (Å²) in [5.74, 6) is -0.00424. The topological polar surface area (TPSA) is 61.0 Å². The molecule has 2 aromatic rings. The monoisotopic (exact) mass is 334 g/mol. The van der Waals surface area contributed by atoms with Gasteiger partial charge in [-0.1, -0.05) is 31.2 Å². The van der Waals surface area contributed by atoms with E-state index in [4.69, 9.17) is 0 Å². The number of aryl methyl sites for hydroxylation is 2. The first kappa shape index (κ1) is 17.5. The Labute approximate surface area is 142 Å². The lowest BCUT2D eigenvalue weighted by Gasteiger charge is -2.36. The zero-order chi connectivity index (χ0) is 15.5. The van der Waals surface area contributed by atoms with E-state index in [0.717, 1.165) is 25.2 Å². The summed E-state index contributed by atoms with van der Waals surface area (Å²) in [7, 11) is 0. The van der Waals surface area contributed by atoms with Gasteiger partial charge in [0.25, 0.3) is 5.91 Å². The molecule has 0 aliphatic carbocycles. The molecule has 2 N–H and O–H groups in total. The highest BCUT2D eigenvalue weighted by molar-refractivity contribution is 5.92. The second kappa shape index (κ2) is 7.62. The van der Waals surface area contributed by atoms with E-state index in [-0.39, 0.29) is 24.4 Å². The molecule has 1 aromatic carbocycles. The largest absolute Gasteiger partial charge is 0.328 e. The summed E-state index contributed by atoms with van der Waals surface area (Å²) in [4.78, 5) is 14.7. The number of amides is 1. The summed E-state index contributed by atoms with van der Waals surface area (Å²) < 4.78 is 0. The lowest BCUT2D eigenvalue weighted by Crippen LogP contribution is -2.48. The maximum absolute atomic E-state index is 12.7. The minimum Gasteiger partial charge on any atom is -0.328 e. The molecule has 0 bridgehead atoms. The predicted octanol–water partition coefficient (Wildman–Crippen LogP) is 2.49. The first-order valence-corrected chi connectivity index (χ1v) is 7.81. The lowest BCUT2D eigenvalue weighted by molar-refractivity contribution is 0.0628. The molecule has 1 saturated heterocycles. The minimum atomic E-state index is -0.00424.